The number of hydrogen-bond acceptors (Lipinski definition) is 6. The molecular formula is C25H19NO5S2. The summed E-state index contributed by atoms with van der Waals surface area (Å²) >= 11 is 6.55. The second-order valence-corrected chi connectivity index (χ2v) is 8.75. The smallest absolute Gasteiger partial charge is 0.335 e. The van der Waals surface area contributed by atoms with E-state index in [9.17, 15) is 14.7 Å². The van der Waals surface area contributed by atoms with Crippen LogP contribution in [-0.4, -0.2) is 28.4 Å². The first kappa shape index (κ1) is 22.6. The fraction of sp³-hybridized carbons (Fsp3) is 0.0800. The zero-order valence-corrected chi connectivity index (χ0v) is 19.2. The van der Waals surface area contributed by atoms with E-state index in [1.165, 1.54) is 28.8 Å². The Morgan fingerprint density at radius 2 is 1.76 bits per heavy atom. The van der Waals surface area contributed by atoms with Crippen LogP contribution >= 0.6 is 24.0 Å². The number of rotatable bonds is 7. The number of thiocarbonyl (C=S) groups is 1. The highest BCUT2D eigenvalue weighted by atomic mass is 32.2. The van der Waals surface area contributed by atoms with Gasteiger partial charge in [-0.1, -0.05) is 54.3 Å². The number of carbonyl (C=O) groups excluding carboxylic acids is 1. The fourth-order valence-electron chi connectivity index (χ4n) is 3.17. The summed E-state index contributed by atoms with van der Waals surface area (Å²) in [6.07, 6.45) is 1.76. The molecule has 1 heterocycles. The first-order valence-electron chi connectivity index (χ1n) is 9.92. The SMILES string of the molecule is COc1ccc(COc2ccc(/C=C3/SC(=S)N(c4cccc(C(=O)O)c4)C3=O)cc2)cc1. The second-order valence-electron chi connectivity index (χ2n) is 7.08. The summed E-state index contributed by atoms with van der Waals surface area (Å²) in [4.78, 5) is 26.0. The van der Waals surface area contributed by atoms with E-state index in [2.05, 4.69) is 0 Å². The second kappa shape index (κ2) is 9.89. The molecule has 33 heavy (non-hydrogen) atoms. The predicted molar refractivity (Wildman–Crippen MR) is 133 cm³/mol. The number of aromatic carboxylic acids is 1. The zero-order chi connectivity index (χ0) is 23.4. The highest BCUT2D eigenvalue weighted by Crippen LogP contribution is 2.36. The quantitative estimate of drug-likeness (QED) is 0.362. The number of nitrogens with zero attached hydrogens (tertiary/aromatic N) is 1. The van der Waals surface area contributed by atoms with Gasteiger partial charge < -0.3 is 14.6 Å². The van der Waals surface area contributed by atoms with Crippen LogP contribution in [0.4, 0.5) is 5.69 Å². The average molecular weight is 478 g/mol. The van der Waals surface area contributed by atoms with Crippen molar-refractivity contribution in [2.24, 2.45) is 0 Å². The number of benzene rings is 3. The molecule has 0 aromatic heterocycles. The van der Waals surface area contributed by atoms with Gasteiger partial charge in [0.05, 0.1) is 23.3 Å². The van der Waals surface area contributed by atoms with Gasteiger partial charge in [0.25, 0.3) is 5.91 Å². The summed E-state index contributed by atoms with van der Waals surface area (Å²) in [5, 5.41) is 9.21. The van der Waals surface area contributed by atoms with E-state index in [-0.39, 0.29) is 11.5 Å². The van der Waals surface area contributed by atoms with Gasteiger partial charge in [-0.05, 0) is 59.7 Å². The molecule has 8 heteroatoms. The first-order valence-corrected chi connectivity index (χ1v) is 11.1. The lowest BCUT2D eigenvalue weighted by atomic mass is 10.1. The summed E-state index contributed by atoms with van der Waals surface area (Å²) in [6, 6.07) is 21.2. The third-order valence-corrected chi connectivity index (χ3v) is 6.19. The summed E-state index contributed by atoms with van der Waals surface area (Å²) < 4.78 is 11.3. The number of carboxylic acids is 1. The highest BCUT2D eigenvalue weighted by Gasteiger charge is 2.33. The van der Waals surface area contributed by atoms with Crippen molar-refractivity contribution in [3.05, 3.63) is 94.4 Å². The number of thioether (sulfide) groups is 1. The normalized spacial score (nSPS) is 14.6. The van der Waals surface area contributed by atoms with Gasteiger partial charge in [-0.25, -0.2) is 4.79 Å². The molecule has 0 radical (unpaired) electrons. The molecule has 0 spiro atoms. The van der Waals surface area contributed by atoms with Crippen molar-refractivity contribution in [2.75, 3.05) is 12.0 Å². The third kappa shape index (κ3) is 5.24. The third-order valence-electron chi connectivity index (χ3n) is 4.89. The zero-order valence-electron chi connectivity index (χ0n) is 17.6. The summed E-state index contributed by atoms with van der Waals surface area (Å²) in [7, 11) is 1.63. The Hall–Kier alpha value is -3.62. The lowest BCUT2D eigenvalue weighted by molar-refractivity contribution is -0.113. The van der Waals surface area contributed by atoms with Gasteiger partial charge in [0.2, 0.25) is 0 Å². The Labute approximate surface area is 200 Å². The van der Waals surface area contributed by atoms with Crippen molar-refractivity contribution in [2.45, 2.75) is 6.61 Å². The molecule has 6 nitrogen and oxygen atoms in total. The van der Waals surface area contributed by atoms with Gasteiger partial charge in [0.15, 0.2) is 4.32 Å². The molecule has 1 N–H and O–H groups in total. The van der Waals surface area contributed by atoms with E-state index in [0.717, 1.165) is 16.9 Å². The Morgan fingerprint density at radius 1 is 1.06 bits per heavy atom. The summed E-state index contributed by atoms with van der Waals surface area (Å²) in [5.74, 6) is 0.156. The van der Waals surface area contributed by atoms with E-state index >= 15 is 0 Å². The summed E-state index contributed by atoms with van der Waals surface area (Å²) in [6.45, 7) is 0.428. The van der Waals surface area contributed by atoms with E-state index in [4.69, 9.17) is 21.7 Å². The standard InChI is InChI=1S/C25H19NO5S2/c1-30-20-9-7-17(8-10-20)15-31-21-11-5-16(6-12-21)13-22-23(27)26(25(32)33-22)19-4-2-3-18(14-19)24(28)29/h2-14H,15H2,1H3,(H,28,29)/b22-13+. The van der Waals surface area contributed by atoms with E-state index in [0.29, 0.717) is 27.3 Å². The maximum absolute atomic E-state index is 12.9. The number of carboxylic acid groups (broad SMARTS) is 1. The van der Waals surface area contributed by atoms with Crippen LogP contribution in [0.25, 0.3) is 6.08 Å². The van der Waals surface area contributed by atoms with Gasteiger partial charge in [-0.2, -0.15) is 0 Å². The first-order chi connectivity index (χ1) is 15.9. The van der Waals surface area contributed by atoms with E-state index in [1.807, 2.05) is 48.5 Å². The fourth-order valence-corrected chi connectivity index (χ4v) is 4.47. The maximum Gasteiger partial charge on any atom is 0.335 e. The number of amides is 1. The van der Waals surface area contributed by atoms with Crippen LogP contribution in [0.5, 0.6) is 11.5 Å². The maximum atomic E-state index is 12.9. The molecule has 1 aliphatic heterocycles. The highest BCUT2D eigenvalue weighted by molar-refractivity contribution is 8.27. The average Bonchev–Trinajstić information content (AvgIpc) is 3.11. The molecular weight excluding hydrogens is 458 g/mol. The van der Waals surface area contributed by atoms with Crippen LogP contribution in [0.2, 0.25) is 0 Å². The predicted octanol–water partition coefficient (Wildman–Crippen LogP) is 5.38. The summed E-state index contributed by atoms with van der Waals surface area (Å²) in [5.41, 5.74) is 2.38. The topological polar surface area (TPSA) is 76.1 Å². The molecule has 0 atom stereocenters. The van der Waals surface area contributed by atoms with Crippen LogP contribution in [0.3, 0.4) is 0 Å². The van der Waals surface area contributed by atoms with Crippen LogP contribution in [0.15, 0.2) is 77.7 Å². The molecule has 0 aliphatic carbocycles. The number of methoxy groups -OCH3 is 1. The molecule has 0 saturated carbocycles. The number of hydrogen-bond donors (Lipinski definition) is 1. The Morgan fingerprint density at radius 3 is 2.42 bits per heavy atom. The monoisotopic (exact) mass is 477 g/mol. The van der Waals surface area contributed by atoms with Gasteiger partial charge in [0, 0.05) is 0 Å². The lowest BCUT2D eigenvalue weighted by Crippen LogP contribution is -2.27. The van der Waals surface area contributed by atoms with Crippen molar-refractivity contribution in [3.8, 4) is 11.5 Å². The minimum absolute atomic E-state index is 0.0933. The van der Waals surface area contributed by atoms with Gasteiger partial charge in [-0.15, -0.1) is 0 Å². The van der Waals surface area contributed by atoms with Gasteiger partial charge in [0.1, 0.15) is 18.1 Å². The molecule has 1 amide bonds. The van der Waals surface area contributed by atoms with Crippen LogP contribution in [0, 0.1) is 0 Å². The Bertz CT molecular complexity index is 1240. The molecule has 1 aliphatic rings. The molecule has 166 valence electrons. The van der Waals surface area contributed by atoms with Crippen molar-refractivity contribution in [3.63, 3.8) is 0 Å². The lowest BCUT2D eigenvalue weighted by Gasteiger charge is -2.14. The van der Waals surface area contributed by atoms with Crippen molar-refractivity contribution < 1.29 is 24.2 Å². The molecule has 1 fully saturated rings. The van der Waals surface area contributed by atoms with Crippen molar-refractivity contribution in [1.29, 1.82) is 0 Å². The Balaban J connectivity index is 1.44. The molecule has 4 rings (SSSR count). The van der Waals surface area contributed by atoms with Crippen LogP contribution in [-0.2, 0) is 11.4 Å². The van der Waals surface area contributed by atoms with E-state index < -0.39 is 5.97 Å². The molecule has 1 saturated heterocycles. The molecule has 0 unspecified atom stereocenters. The van der Waals surface area contributed by atoms with Crippen LogP contribution < -0.4 is 14.4 Å². The largest absolute Gasteiger partial charge is 0.497 e. The molecule has 0 bridgehead atoms. The number of ether oxygens (including phenoxy) is 2. The number of anilines is 1. The van der Waals surface area contributed by atoms with E-state index in [1.54, 1.807) is 25.3 Å². The van der Waals surface area contributed by atoms with Gasteiger partial charge in [-0.3, -0.25) is 9.69 Å². The molecule has 3 aromatic rings. The van der Waals surface area contributed by atoms with Crippen molar-refractivity contribution >= 4 is 51.9 Å². The number of carbonyl (C=O) groups is 2. The Kier molecular flexibility index (Phi) is 6.76. The minimum Gasteiger partial charge on any atom is -0.497 e. The van der Waals surface area contributed by atoms with Crippen LogP contribution in [0.1, 0.15) is 21.5 Å². The molecule has 3 aromatic carbocycles. The van der Waals surface area contributed by atoms with Crippen molar-refractivity contribution in [1.82, 2.24) is 0 Å². The van der Waals surface area contributed by atoms with Gasteiger partial charge >= 0.3 is 5.97 Å². The minimum atomic E-state index is -1.06.